The van der Waals surface area contributed by atoms with Crippen LogP contribution in [0.15, 0.2) is 25.3 Å². The van der Waals surface area contributed by atoms with Crippen LogP contribution >= 0.6 is 11.8 Å². The smallest absolute Gasteiger partial charge is 0.311 e. The van der Waals surface area contributed by atoms with Gasteiger partial charge in [0.15, 0.2) is 0 Å². The normalized spacial score (nSPS) is 31.3. The van der Waals surface area contributed by atoms with Gasteiger partial charge in [-0.2, -0.15) is 0 Å². The summed E-state index contributed by atoms with van der Waals surface area (Å²) in [6.07, 6.45) is 9.80. The van der Waals surface area contributed by atoms with Crippen LogP contribution in [-0.2, 0) is 19.1 Å². The van der Waals surface area contributed by atoms with Crippen LogP contribution < -0.4 is 0 Å². The van der Waals surface area contributed by atoms with Crippen molar-refractivity contribution in [1.29, 1.82) is 0 Å². The van der Waals surface area contributed by atoms with Gasteiger partial charge < -0.3 is 19.6 Å². The number of carbonyl (C=O) groups is 3. The van der Waals surface area contributed by atoms with Gasteiger partial charge in [0.05, 0.1) is 23.2 Å². The molecule has 202 valence electrons. The fraction of sp³-hybridized carbons (Fsp3) is 0.750. The summed E-state index contributed by atoms with van der Waals surface area (Å²) in [6.45, 7) is 14.8. The Kier molecular flexibility index (Phi) is 9.72. The van der Waals surface area contributed by atoms with Gasteiger partial charge in [-0.3, -0.25) is 14.4 Å². The van der Waals surface area contributed by atoms with Crippen molar-refractivity contribution < 1.29 is 24.2 Å². The van der Waals surface area contributed by atoms with E-state index in [9.17, 15) is 19.5 Å². The molecule has 3 aliphatic heterocycles. The highest BCUT2D eigenvalue weighted by Gasteiger charge is 2.77. The van der Waals surface area contributed by atoms with Gasteiger partial charge in [-0.05, 0) is 58.8 Å². The first-order valence-corrected chi connectivity index (χ1v) is 14.3. The summed E-state index contributed by atoms with van der Waals surface area (Å²) in [4.78, 5) is 45.1. The van der Waals surface area contributed by atoms with Crippen LogP contribution in [0.1, 0.15) is 72.1 Å². The second-order valence-electron chi connectivity index (χ2n) is 10.7. The summed E-state index contributed by atoms with van der Waals surface area (Å²) in [5, 5.41) is 9.53. The van der Waals surface area contributed by atoms with Crippen molar-refractivity contribution in [3.8, 4) is 0 Å². The zero-order valence-electron chi connectivity index (χ0n) is 22.2. The molecule has 3 unspecified atom stereocenters. The Morgan fingerprint density at radius 1 is 1.28 bits per heavy atom. The summed E-state index contributed by atoms with van der Waals surface area (Å²) < 4.78 is 4.62. The molecule has 36 heavy (non-hydrogen) atoms. The molecule has 0 saturated carbocycles. The molecule has 6 atom stereocenters. The number of amides is 2. The maximum absolute atomic E-state index is 14.2. The molecule has 7 nitrogen and oxygen atoms in total. The number of allylic oxidation sites excluding steroid dienone is 1. The molecule has 3 rings (SSSR count). The van der Waals surface area contributed by atoms with E-state index < -0.39 is 27.4 Å². The van der Waals surface area contributed by atoms with Crippen LogP contribution in [0.2, 0.25) is 0 Å². The van der Waals surface area contributed by atoms with Gasteiger partial charge in [-0.15, -0.1) is 24.9 Å². The van der Waals surface area contributed by atoms with Crippen LogP contribution in [0.3, 0.4) is 0 Å². The van der Waals surface area contributed by atoms with Crippen molar-refractivity contribution in [3.63, 3.8) is 0 Å². The topological polar surface area (TPSA) is 87.1 Å². The number of carbonyl (C=O) groups excluding carboxylic acids is 3. The highest BCUT2D eigenvalue weighted by Crippen LogP contribution is 2.71. The standard InChI is InChI=1S/C28H44N2O5S/c1-6-9-10-11-19-35-26(34)22-21-24(32)30(17-12-18-31)23(28(21)15-14-27(22,5)36-28)25(33)29(16-8-3)20(4)13-7-2/h6,8,20-23,31H,1,3,7,9-19H2,2,4-5H3/t20?,21-,22+,23?,27-,28?/m0/s1. The average Bonchev–Trinajstić information content (AvgIpc) is 3.41. The first-order valence-electron chi connectivity index (χ1n) is 13.5. The molecular formula is C28H44N2O5S. The second kappa shape index (κ2) is 12.2. The zero-order valence-corrected chi connectivity index (χ0v) is 23.1. The first kappa shape index (κ1) is 28.8. The lowest BCUT2D eigenvalue weighted by Crippen LogP contribution is -2.56. The van der Waals surface area contributed by atoms with E-state index in [0.717, 1.165) is 38.5 Å². The number of aliphatic hydroxyl groups is 1. The average molecular weight is 521 g/mol. The van der Waals surface area contributed by atoms with Gasteiger partial charge in [0.25, 0.3) is 0 Å². The van der Waals surface area contributed by atoms with E-state index in [1.54, 1.807) is 22.7 Å². The van der Waals surface area contributed by atoms with Crippen LogP contribution in [0.4, 0.5) is 0 Å². The molecular weight excluding hydrogens is 476 g/mol. The monoisotopic (exact) mass is 520 g/mol. The van der Waals surface area contributed by atoms with Gasteiger partial charge in [0.2, 0.25) is 11.8 Å². The van der Waals surface area contributed by atoms with Gasteiger partial charge in [0.1, 0.15) is 6.04 Å². The Hall–Kier alpha value is -1.80. The van der Waals surface area contributed by atoms with Gasteiger partial charge in [-0.25, -0.2) is 0 Å². The summed E-state index contributed by atoms with van der Waals surface area (Å²) >= 11 is 1.66. The molecule has 3 heterocycles. The number of fused-ring (bicyclic) bond motifs is 1. The number of aliphatic hydroxyl groups excluding tert-OH is 1. The third-order valence-corrected chi connectivity index (χ3v) is 10.2. The third kappa shape index (κ3) is 5.13. The van der Waals surface area contributed by atoms with Crippen molar-refractivity contribution in [1.82, 2.24) is 9.80 Å². The van der Waals surface area contributed by atoms with E-state index in [4.69, 9.17) is 4.74 Å². The van der Waals surface area contributed by atoms with Crippen molar-refractivity contribution in [2.75, 3.05) is 26.3 Å². The van der Waals surface area contributed by atoms with Crippen LogP contribution in [0.5, 0.6) is 0 Å². The fourth-order valence-corrected chi connectivity index (χ4v) is 8.89. The van der Waals surface area contributed by atoms with Crippen LogP contribution in [0, 0.1) is 11.8 Å². The van der Waals surface area contributed by atoms with Gasteiger partial charge in [-0.1, -0.05) is 25.5 Å². The lowest BCUT2D eigenvalue weighted by Gasteiger charge is -2.39. The largest absolute Gasteiger partial charge is 0.465 e. The molecule has 3 aliphatic rings. The van der Waals surface area contributed by atoms with E-state index in [1.165, 1.54) is 0 Å². The molecule has 3 saturated heterocycles. The van der Waals surface area contributed by atoms with E-state index >= 15 is 0 Å². The number of ether oxygens (including phenoxy) is 1. The first-order chi connectivity index (χ1) is 17.2. The Bertz CT molecular complexity index is 850. The van der Waals surface area contributed by atoms with E-state index in [2.05, 4.69) is 27.0 Å². The number of nitrogens with zero attached hydrogens (tertiary/aromatic N) is 2. The summed E-state index contributed by atoms with van der Waals surface area (Å²) in [6, 6.07) is -0.640. The summed E-state index contributed by atoms with van der Waals surface area (Å²) in [5.74, 6) is -1.69. The predicted molar refractivity (Wildman–Crippen MR) is 143 cm³/mol. The molecule has 0 aromatic heterocycles. The molecule has 0 aliphatic carbocycles. The summed E-state index contributed by atoms with van der Waals surface area (Å²) in [5.41, 5.74) is 0. The maximum Gasteiger partial charge on any atom is 0.311 e. The highest BCUT2D eigenvalue weighted by atomic mass is 32.2. The number of unbranched alkanes of at least 4 members (excludes halogenated alkanes) is 2. The minimum Gasteiger partial charge on any atom is -0.465 e. The van der Waals surface area contributed by atoms with Crippen LogP contribution in [0.25, 0.3) is 0 Å². The maximum atomic E-state index is 14.2. The number of esters is 1. The lowest BCUT2D eigenvalue weighted by atomic mass is 9.66. The highest BCUT2D eigenvalue weighted by molar-refractivity contribution is 8.02. The number of rotatable bonds is 15. The number of likely N-dealkylation sites (tertiary alicyclic amines) is 1. The van der Waals surface area contributed by atoms with E-state index in [1.807, 2.05) is 17.9 Å². The van der Waals surface area contributed by atoms with Gasteiger partial charge >= 0.3 is 5.97 Å². The third-order valence-electron chi connectivity index (χ3n) is 8.22. The Labute approximate surface area is 220 Å². The Morgan fingerprint density at radius 3 is 2.67 bits per heavy atom. The van der Waals surface area contributed by atoms with Crippen molar-refractivity contribution in [2.45, 2.75) is 93.7 Å². The number of hydrogen-bond donors (Lipinski definition) is 1. The minimum atomic E-state index is -0.656. The Balaban J connectivity index is 1.94. The molecule has 8 heteroatoms. The predicted octanol–water partition coefficient (Wildman–Crippen LogP) is 3.95. The second-order valence-corrected chi connectivity index (χ2v) is 12.6. The lowest BCUT2D eigenvalue weighted by molar-refractivity contribution is -0.155. The quantitative estimate of drug-likeness (QED) is 0.200. The molecule has 0 radical (unpaired) electrons. The molecule has 2 amide bonds. The van der Waals surface area contributed by atoms with E-state index in [0.29, 0.717) is 32.5 Å². The summed E-state index contributed by atoms with van der Waals surface area (Å²) in [7, 11) is 0. The van der Waals surface area contributed by atoms with E-state index in [-0.39, 0.29) is 30.4 Å². The molecule has 2 bridgehead atoms. The fourth-order valence-electron chi connectivity index (χ4n) is 6.55. The molecule has 3 fully saturated rings. The van der Waals surface area contributed by atoms with Crippen molar-refractivity contribution in [3.05, 3.63) is 25.3 Å². The molecule has 0 aromatic carbocycles. The molecule has 0 aromatic rings. The van der Waals surface area contributed by atoms with Crippen molar-refractivity contribution in [2.24, 2.45) is 11.8 Å². The minimum absolute atomic E-state index is 0.0151. The van der Waals surface area contributed by atoms with Crippen LogP contribution in [-0.4, -0.2) is 80.6 Å². The molecule has 1 N–H and O–H groups in total. The SMILES string of the molecule is C=CCCCCOC(=O)[C@H]1[C@H]2C(=O)N(CCCO)C(C(=O)N(CC=C)C(C)CCC)C23CC[C@]1(C)S3. The van der Waals surface area contributed by atoms with Gasteiger partial charge in [0, 0.05) is 30.5 Å². The number of thioether (sulfide) groups is 1. The number of hydrogen-bond acceptors (Lipinski definition) is 6. The molecule has 1 spiro atoms. The Morgan fingerprint density at radius 2 is 2.03 bits per heavy atom. The van der Waals surface area contributed by atoms with Crippen molar-refractivity contribution >= 4 is 29.5 Å². The zero-order chi connectivity index (χ0) is 26.5.